The fourth-order valence-corrected chi connectivity index (χ4v) is 4.00. The molecule has 2 aromatic carbocycles. The van der Waals surface area contributed by atoms with E-state index in [4.69, 9.17) is 4.74 Å². The fourth-order valence-electron chi connectivity index (χ4n) is 4.00. The molecule has 0 radical (unpaired) electrons. The zero-order valence-corrected chi connectivity index (χ0v) is 18.5. The maximum atomic E-state index is 13.6. The summed E-state index contributed by atoms with van der Waals surface area (Å²) < 4.78 is 5.39. The van der Waals surface area contributed by atoms with Crippen molar-refractivity contribution in [3.8, 4) is 5.75 Å². The zero-order chi connectivity index (χ0) is 23.0. The maximum Gasteiger partial charge on any atom is 0.344 e. The number of anilines is 1. The van der Waals surface area contributed by atoms with E-state index in [9.17, 15) is 14.4 Å². The molecule has 1 aliphatic rings. The van der Waals surface area contributed by atoms with Crippen LogP contribution in [-0.2, 0) is 0 Å². The first-order valence-corrected chi connectivity index (χ1v) is 10.6. The van der Waals surface area contributed by atoms with Crippen molar-refractivity contribution in [3.05, 3.63) is 88.7 Å². The number of esters is 1. The molecule has 162 valence electrons. The van der Waals surface area contributed by atoms with E-state index >= 15 is 0 Å². The molecule has 0 unspecified atom stereocenters. The van der Waals surface area contributed by atoms with Crippen LogP contribution in [0.3, 0.4) is 0 Å². The van der Waals surface area contributed by atoms with Crippen LogP contribution in [0.5, 0.6) is 5.75 Å². The Morgan fingerprint density at radius 1 is 0.875 bits per heavy atom. The van der Waals surface area contributed by atoms with Gasteiger partial charge in [-0.3, -0.25) is 14.6 Å². The molecule has 1 aromatic heterocycles. The third-order valence-corrected chi connectivity index (χ3v) is 5.55. The number of fused-ring (bicyclic) bond motifs is 1. The van der Waals surface area contributed by atoms with Crippen molar-refractivity contribution in [3.63, 3.8) is 0 Å². The molecule has 0 bridgehead atoms. The van der Waals surface area contributed by atoms with E-state index in [-0.39, 0.29) is 34.3 Å². The summed E-state index contributed by atoms with van der Waals surface area (Å²) in [6, 6.07) is 13.7. The topological polar surface area (TPSA) is 76.6 Å². The highest BCUT2D eigenvalue weighted by Gasteiger charge is 2.42. The van der Waals surface area contributed by atoms with Gasteiger partial charge in [-0.1, -0.05) is 52.0 Å². The van der Waals surface area contributed by atoms with Gasteiger partial charge in [0.25, 0.3) is 11.8 Å². The number of aromatic nitrogens is 1. The molecular weight excluding hydrogens is 404 g/mol. The maximum absolute atomic E-state index is 13.6. The van der Waals surface area contributed by atoms with E-state index in [0.29, 0.717) is 5.69 Å². The number of nitrogens with zero attached hydrogens (tertiary/aromatic N) is 2. The highest BCUT2D eigenvalue weighted by atomic mass is 16.5. The lowest BCUT2D eigenvalue weighted by Gasteiger charge is -2.25. The predicted molar refractivity (Wildman–Crippen MR) is 121 cm³/mol. The Balaban J connectivity index is 1.82. The number of carbonyl (C=O) groups is 3. The van der Waals surface area contributed by atoms with Crippen molar-refractivity contribution < 1.29 is 19.1 Å². The molecule has 0 saturated heterocycles. The van der Waals surface area contributed by atoms with Crippen LogP contribution in [0, 0.1) is 0 Å². The SMILES string of the molecule is CC(C)c1cccc(C(C)C)c1N1C(=O)c2cccc(C(=O)Oc3cccnc3)c2C1=O. The van der Waals surface area contributed by atoms with Crippen molar-refractivity contribution in [2.75, 3.05) is 4.90 Å². The van der Waals surface area contributed by atoms with Crippen LogP contribution in [0.4, 0.5) is 5.69 Å². The Labute approximate surface area is 186 Å². The third-order valence-electron chi connectivity index (χ3n) is 5.55. The lowest BCUT2D eigenvalue weighted by molar-refractivity contribution is 0.0728. The molecule has 1 aliphatic heterocycles. The molecule has 0 aliphatic carbocycles. The van der Waals surface area contributed by atoms with Crippen LogP contribution in [0.1, 0.15) is 81.7 Å². The minimum absolute atomic E-state index is 0.0559. The van der Waals surface area contributed by atoms with Crippen LogP contribution in [0.25, 0.3) is 0 Å². The second-order valence-electron chi connectivity index (χ2n) is 8.35. The molecule has 0 fully saturated rings. The van der Waals surface area contributed by atoms with Gasteiger partial charge in [-0.2, -0.15) is 0 Å². The highest BCUT2D eigenvalue weighted by Crippen LogP contribution is 2.40. The quantitative estimate of drug-likeness (QED) is 0.404. The average molecular weight is 428 g/mol. The third kappa shape index (κ3) is 3.58. The molecule has 0 spiro atoms. The molecule has 3 aromatic rings. The van der Waals surface area contributed by atoms with E-state index in [1.165, 1.54) is 17.2 Å². The van der Waals surface area contributed by atoms with E-state index in [0.717, 1.165) is 11.1 Å². The van der Waals surface area contributed by atoms with Gasteiger partial charge in [-0.25, -0.2) is 9.69 Å². The first-order chi connectivity index (χ1) is 15.3. The normalized spacial score (nSPS) is 13.1. The van der Waals surface area contributed by atoms with Crippen LogP contribution >= 0.6 is 0 Å². The first-order valence-electron chi connectivity index (χ1n) is 10.6. The number of para-hydroxylation sites is 1. The molecule has 32 heavy (non-hydrogen) atoms. The summed E-state index contributed by atoms with van der Waals surface area (Å²) in [6.07, 6.45) is 2.98. The summed E-state index contributed by atoms with van der Waals surface area (Å²) in [6.45, 7) is 8.10. The second-order valence-corrected chi connectivity index (χ2v) is 8.35. The summed E-state index contributed by atoms with van der Waals surface area (Å²) in [5, 5.41) is 0. The number of benzene rings is 2. The molecule has 0 N–H and O–H groups in total. The van der Waals surface area contributed by atoms with Gasteiger partial charge in [0.05, 0.1) is 28.6 Å². The van der Waals surface area contributed by atoms with Gasteiger partial charge in [-0.15, -0.1) is 0 Å². The number of amides is 2. The second kappa shape index (κ2) is 8.38. The first kappa shape index (κ1) is 21.4. The van der Waals surface area contributed by atoms with Gasteiger partial charge < -0.3 is 4.74 Å². The molecule has 6 nitrogen and oxygen atoms in total. The van der Waals surface area contributed by atoms with Crippen LogP contribution in [0.15, 0.2) is 60.9 Å². The Bertz CT molecular complexity index is 1190. The summed E-state index contributed by atoms with van der Waals surface area (Å²) in [7, 11) is 0. The minimum Gasteiger partial charge on any atom is -0.421 e. The van der Waals surface area contributed by atoms with Crippen LogP contribution in [-0.4, -0.2) is 22.8 Å². The van der Waals surface area contributed by atoms with Gasteiger partial charge in [0.2, 0.25) is 0 Å². The van der Waals surface area contributed by atoms with Crippen LogP contribution in [0.2, 0.25) is 0 Å². The fraction of sp³-hybridized carbons (Fsp3) is 0.231. The standard InChI is InChI=1S/C26H24N2O4/c1-15(2)18-9-5-10-19(16(3)4)23(18)28-24(29)20-11-6-12-21(22(20)25(28)30)26(31)32-17-8-7-13-27-14-17/h5-16H,1-4H3. The van der Waals surface area contributed by atoms with E-state index < -0.39 is 17.8 Å². The van der Waals surface area contributed by atoms with E-state index in [1.54, 1.807) is 30.5 Å². The Morgan fingerprint density at radius 3 is 2.12 bits per heavy atom. The van der Waals surface area contributed by atoms with Crippen molar-refractivity contribution in [2.45, 2.75) is 39.5 Å². The summed E-state index contributed by atoms with van der Waals surface area (Å²) >= 11 is 0. The monoisotopic (exact) mass is 428 g/mol. The Hall–Kier alpha value is -3.80. The lowest BCUT2D eigenvalue weighted by Crippen LogP contribution is -2.32. The molecule has 6 heteroatoms. The lowest BCUT2D eigenvalue weighted by atomic mass is 9.92. The predicted octanol–water partition coefficient (Wildman–Crippen LogP) is 5.35. The summed E-state index contributed by atoms with van der Waals surface area (Å²) in [4.78, 5) is 45.1. The van der Waals surface area contributed by atoms with Crippen molar-refractivity contribution in [1.29, 1.82) is 0 Å². The van der Waals surface area contributed by atoms with Gasteiger partial charge in [0, 0.05) is 6.20 Å². The summed E-state index contributed by atoms with van der Waals surface area (Å²) in [5.74, 6) is -1.20. The number of imide groups is 1. The van der Waals surface area contributed by atoms with E-state index in [2.05, 4.69) is 4.98 Å². The zero-order valence-electron chi connectivity index (χ0n) is 18.5. The molecular formula is C26H24N2O4. The number of ether oxygens (including phenoxy) is 1. The van der Waals surface area contributed by atoms with Crippen LogP contribution < -0.4 is 9.64 Å². The summed E-state index contributed by atoms with van der Waals surface area (Å²) in [5.41, 5.74) is 2.74. The van der Waals surface area contributed by atoms with Gasteiger partial charge in [-0.05, 0) is 47.2 Å². The Kier molecular flexibility index (Phi) is 5.61. The average Bonchev–Trinajstić information content (AvgIpc) is 3.03. The number of hydrogen-bond acceptors (Lipinski definition) is 5. The van der Waals surface area contributed by atoms with Crippen molar-refractivity contribution in [1.82, 2.24) is 4.98 Å². The minimum atomic E-state index is -0.709. The molecule has 0 atom stereocenters. The van der Waals surface area contributed by atoms with Crippen molar-refractivity contribution >= 4 is 23.5 Å². The molecule has 0 saturated carbocycles. The number of pyridine rings is 1. The van der Waals surface area contributed by atoms with Gasteiger partial charge >= 0.3 is 5.97 Å². The molecule has 2 heterocycles. The molecule has 4 rings (SSSR count). The molecule has 2 amide bonds. The van der Waals surface area contributed by atoms with Gasteiger partial charge in [0.15, 0.2) is 0 Å². The number of rotatable bonds is 5. The Morgan fingerprint density at radius 2 is 1.53 bits per heavy atom. The van der Waals surface area contributed by atoms with Crippen molar-refractivity contribution in [2.24, 2.45) is 0 Å². The highest BCUT2D eigenvalue weighted by molar-refractivity contribution is 6.36. The van der Waals surface area contributed by atoms with Gasteiger partial charge in [0.1, 0.15) is 5.75 Å². The smallest absolute Gasteiger partial charge is 0.344 e. The van der Waals surface area contributed by atoms with E-state index in [1.807, 2.05) is 45.9 Å². The number of hydrogen-bond donors (Lipinski definition) is 0. The largest absolute Gasteiger partial charge is 0.421 e. The number of carbonyl (C=O) groups excluding carboxylic acids is 3.